The van der Waals surface area contributed by atoms with Crippen molar-refractivity contribution in [1.82, 2.24) is 4.90 Å². The van der Waals surface area contributed by atoms with Crippen LogP contribution in [-0.4, -0.2) is 24.0 Å². The summed E-state index contributed by atoms with van der Waals surface area (Å²) in [6.07, 6.45) is 5.12. The SMILES string of the molecule is CC1c2cc(F)ccc2CCN1C(=O)/C=C/c1ccc2c(c1)CCO2. The first-order valence-corrected chi connectivity index (χ1v) is 8.64. The largest absolute Gasteiger partial charge is 0.493 e. The molecule has 2 aliphatic rings. The Bertz CT molecular complexity index is 859. The summed E-state index contributed by atoms with van der Waals surface area (Å²) in [5, 5.41) is 0. The van der Waals surface area contributed by atoms with Crippen molar-refractivity contribution in [3.05, 3.63) is 70.5 Å². The van der Waals surface area contributed by atoms with Crippen LogP contribution in [0.5, 0.6) is 5.75 Å². The number of carbonyl (C=O) groups is 1. The minimum atomic E-state index is -0.254. The summed E-state index contributed by atoms with van der Waals surface area (Å²) in [6.45, 7) is 3.33. The molecule has 0 aliphatic carbocycles. The zero-order chi connectivity index (χ0) is 17.4. The summed E-state index contributed by atoms with van der Waals surface area (Å²) in [7, 11) is 0. The van der Waals surface area contributed by atoms with Gasteiger partial charge in [0.1, 0.15) is 11.6 Å². The van der Waals surface area contributed by atoms with Crippen molar-refractivity contribution in [3.63, 3.8) is 0 Å². The van der Waals surface area contributed by atoms with Gasteiger partial charge in [-0.1, -0.05) is 12.1 Å². The summed E-state index contributed by atoms with van der Waals surface area (Å²) in [4.78, 5) is 14.4. The zero-order valence-electron chi connectivity index (χ0n) is 14.2. The molecule has 4 heteroatoms. The van der Waals surface area contributed by atoms with Gasteiger partial charge in [-0.25, -0.2) is 4.39 Å². The van der Waals surface area contributed by atoms with Gasteiger partial charge < -0.3 is 9.64 Å². The highest BCUT2D eigenvalue weighted by molar-refractivity contribution is 5.92. The molecular formula is C21H20FNO2. The van der Waals surface area contributed by atoms with E-state index in [0.717, 1.165) is 41.9 Å². The fourth-order valence-corrected chi connectivity index (χ4v) is 3.66. The standard InChI is InChI=1S/C21H20FNO2/c1-14-19-13-18(22)5-4-16(19)8-10-23(14)21(24)7-3-15-2-6-20-17(12-15)9-11-25-20/h2-7,12-14H,8-11H2,1H3/b7-3+. The molecule has 0 fully saturated rings. The summed E-state index contributed by atoms with van der Waals surface area (Å²) in [5.41, 5.74) is 4.21. The molecule has 0 aromatic heterocycles. The molecule has 0 spiro atoms. The van der Waals surface area contributed by atoms with E-state index in [1.807, 2.05) is 31.2 Å². The zero-order valence-corrected chi connectivity index (χ0v) is 14.2. The lowest BCUT2D eigenvalue weighted by Crippen LogP contribution is -2.37. The number of hydrogen-bond donors (Lipinski definition) is 0. The number of rotatable bonds is 2. The second-order valence-corrected chi connectivity index (χ2v) is 6.60. The third-order valence-electron chi connectivity index (χ3n) is 5.06. The Balaban J connectivity index is 1.51. The third-order valence-corrected chi connectivity index (χ3v) is 5.06. The normalized spacial score (nSPS) is 18.8. The number of benzene rings is 2. The van der Waals surface area contributed by atoms with Gasteiger partial charge in [-0.2, -0.15) is 0 Å². The fourth-order valence-electron chi connectivity index (χ4n) is 3.66. The number of halogens is 1. The van der Waals surface area contributed by atoms with Gasteiger partial charge in [-0.15, -0.1) is 0 Å². The van der Waals surface area contributed by atoms with E-state index in [2.05, 4.69) is 6.07 Å². The van der Waals surface area contributed by atoms with E-state index in [-0.39, 0.29) is 17.8 Å². The highest BCUT2D eigenvalue weighted by atomic mass is 19.1. The van der Waals surface area contributed by atoms with Gasteiger partial charge in [0.05, 0.1) is 12.6 Å². The van der Waals surface area contributed by atoms with Crippen LogP contribution < -0.4 is 4.74 Å². The first-order chi connectivity index (χ1) is 12.1. The van der Waals surface area contributed by atoms with Gasteiger partial charge in [-0.05, 0) is 65.9 Å². The van der Waals surface area contributed by atoms with Gasteiger partial charge >= 0.3 is 0 Å². The summed E-state index contributed by atoms with van der Waals surface area (Å²) < 4.78 is 19.0. The molecule has 2 aliphatic heterocycles. The molecule has 2 aromatic rings. The molecule has 4 rings (SSSR count). The van der Waals surface area contributed by atoms with E-state index in [1.165, 1.54) is 11.6 Å². The maximum absolute atomic E-state index is 13.5. The van der Waals surface area contributed by atoms with Crippen LogP contribution in [0.25, 0.3) is 6.08 Å². The van der Waals surface area contributed by atoms with Crippen LogP contribution in [-0.2, 0) is 17.6 Å². The van der Waals surface area contributed by atoms with E-state index in [1.54, 1.807) is 17.0 Å². The molecule has 25 heavy (non-hydrogen) atoms. The van der Waals surface area contributed by atoms with Gasteiger partial charge in [0.2, 0.25) is 5.91 Å². The Kier molecular flexibility index (Phi) is 4.04. The molecule has 0 saturated heterocycles. The lowest BCUT2D eigenvalue weighted by molar-refractivity contribution is -0.128. The second-order valence-electron chi connectivity index (χ2n) is 6.60. The first kappa shape index (κ1) is 15.9. The number of amides is 1. The quantitative estimate of drug-likeness (QED) is 0.778. The molecular weight excluding hydrogens is 317 g/mol. The molecule has 128 valence electrons. The Morgan fingerprint density at radius 1 is 1.20 bits per heavy atom. The Morgan fingerprint density at radius 3 is 2.96 bits per heavy atom. The van der Waals surface area contributed by atoms with E-state index >= 15 is 0 Å². The predicted octanol–water partition coefficient (Wildman–Crippen LogP) is 3.92. The molecule has 2 aromatic carbocycles. The van der Waals surface area contributed by atoms with Gasteiger partial charge in [-0.3, -0.25) is 4.79 Å². The van der Waals surface area contributed by atoms with Crippen LogP contribution in [0.1, 0.15) is 35.2 Å². The maximum atomic E-state index is 13.5. The summed E-state index contributed by atoms with van der Waals surface area (Å²) >= 11 is 0. The minimum Gasteiger partial charge on any atom is -0.493 e. The van der Waals surface area contributed by atoms with Crippen LogP contribution >= 0.6 is 0 Å². The van der Waals surface area contributed by atoms with E-state index in [0.29, 0.717) is 6.54 Å². The van der Waals surface area contributed by atoms with Crippen LogP contribution in [0.3, 0.4) is 0 Å². The summed E-state index contributed by atoms with van der Waals surface area (Å²) in [5.74, 6) is 0.640. The van der Waals surface area contributed by atoms with Crippen molar-refractivity contribution in [2.75, 3.05) is 13.2 Å². The van der Waals surface area contributed by atoms with Crippen molar-refractivity contribution >= 4 is 12.0 Å². The van der Waals surface area contributed by atoms with E-state index < -0.39 is 0 Å². The molecule has 0 bridgehead atoms. The fraction of sp³-hybridized carbons (Fsp3) is 0.286. The lowest BCUT2D eigenvalue weighted by atomic mass is 9.93. The minimum absolute atomic E-state index is 0.0424. The highest BCUT2D eigenvalue weighted by Gasteiger charge is 2.26. The van der Waals surface area contributed by atoms with Crippen molar-refractivity contribution in [2.24, 2.45) is 0 Å². The van der Waals surface area contributed by atoms with Crippen LogP contribution in [0.15, 0.2) is 42.5 Å². The average molecular weight is 337 g/mol. The molecule has 1 unspecified atom stereocenters. The topological polar surface area (TPSA) is 29.5 Å². The number of ether oxygens (including phenoxy) is 1. The summed E-state index contributed by atoms with van der Waals surface area (Å²) in [6, 6.07) is 10.7. The molecule has 1 amide bonds. The average Bonchev–Trinajstić information content (AvgIpc) is 3.08. The molecule has 0 radical (unpaired) electrons. The van der Waals surface area contributed by atoms with E-state index in [9.17, 15) is 9.18 Å². The molecule has 1 atom stereocenters. The molecule has 0 N–H and O–H groups in total. The Hall–Kier alpha value is -2.62. The number of hydrogen-bond acceptors (Lipinski definition) is 2. The van der Waals surface area contributed by atoms with Gasteiger partial charge in [0.25, 0.3) is 0 Å². The van der Waals surface area contributed by atoms with Crippen molar-refractivity contribution < 1.29 is 13.9 Å². The molecule has 2 heterocycles. The number of carbonyl (C=O) groups excluding carboxylic acids is 1. The van der Waals surface area contributed by atoms with Crippen molar-refractivity contribution in [1.29, 1.82) is 0 Å². The maximum Gasteiger partial charge on any atom is 0.247 e. The monoisotopic (exact) mass is 337 g/mol. The molecule has 0 saturated carbocycles. The first-order valence-electron chi connectivity index (χ1n) is 8.64. The van der Waals surface area contributed by atoms with Crippen molar-refractivity contribution in [3.8, 4) is 5.75 Å². The molecule has 3 nitrogen and oxygen atoms in total. The van der Waals surface area contributed by atoms with Crippen LogP contribution in [0.2, 0.25) is 0 Å². The second kappa shape index (κ2) is 6.36. The number of fused-ring (bicyclic) bond motifs is 2. The highest BCUT2D eigenvalue weighted by Crippen LogP contribution is 2.30. The van der Waals surface area contributed by atoms with Crippen LogP contribution in [0, 0.1) is 5.82 Å². The Morgan fingerprint density at radius 2 is 2.08 bits per heavy atom. The lowest BCUT2D eigenvalue weighted by Gasteiger charge is -2.34. The predicted molar refractivity (Wildman–Crippen MR) is 94.9 cm³/mol. The van der Waals surface area contributed by atoms with Crippen LogP contribution in [0.4, 0.5) is 4.39 Å². The van der Waals surface area contributed by atoms with Crippen molar-refractivity contribution in [2.45, 2.75) is 25.8 Å². The van der Waals surface area contributed by atoms with Gasteiger partial charge in [0, 0.05) is 19.0 Å². The smallest absolute Gasteiger partial charge is 0.247 e. The number of nitrogens with zero attached hydrogens (tertiary/aromatic N) is 1. The Labute approximate surface area is 146 Å². The third kappa shape index (κ3) is 3.04. The van der Waals surface area contributed by atoms with E-state index in [4.69, 9.17) is 4.74 Å². The van der Waals surface area contributed by atoms with Gasteiger partial charge in [0.15, 0.2) is 0 Å².